The van der Waals surface area contributed by atoms with Crippen LogP contribution >= 0.6 is 0 Å². The van der Waals surface area contributed by atoms with Crippen molar-refractivity contribution in [3.63, 3.8) is 0 Å². The van der Waals surface area contributed by atoms with E-state index in [-0.39, 0.29) is 16.9 Å². The zero-order valence-electron chi connectivity index (χ0n) is 10.7. The largest absolute Gasteiger partial charge is 0.478 e. The molecule has 6 heteroatoms. The summed E-state index contributed by atoms with van der Waals surface area (Å²) in [4.78, 5) is 26.8. The lowest BCUT2D eigenvalue weighted by Gasteiger charge is -2.40. The van der Waals surface area contributed by atoms with Crippen LogP contribution in [0.25, 0.3) is 0 Å². The lowest BCUT2D eigenvalue weighted by molar-refractivity contribution is -0.0679. The van der Waals surface area contributed by atoms with E-state index in [1.54, 1.807) is 7.11 Å². The zero-order valence-corrected chi connectivity index (χ0v) is 10.7. The fourth-order valence-corrected chi connectivity index (χ4v) is 2.11. The molecule has 1 aliphatic carbocycles. The number of aromatic nitrogens is 1. The summed E-state index contributed by atoms with van der Waals surface area (Å²) >= 11 is 0. The minimum absolute atomic E-state index is 0.0689. The summed E-state index contributed by atoms with van der Waals surface area (Å²) in [7, 11) is 1.62. The standard InChI is InChI=1S/C13H16N2O4/c1-19-13(5-3-6-13)8-15-11(16)10-9(12(17)18)4-2-7-14-10/h2,4,7H,3,5-6,8H2,1H3,(H,15,16)(H,17,18). The normalized spacial score (nSPS) is 16.5. The predicted molar refractivity (Wildman–Crippen MR) is 67.1 cm³/mol. The van der Waals surface area contributed by atoms with E-state index in [0.29, 0.717) is 6.54 Å². The summed E-state index contributed by atoms with van der Waals surface area (Å²) < 4.78 is 5.39. The Morgan fingerprint density at radius 3 is 2.79 bits per heavy atom. The molecule has 0 saturated heterocycles. The predicted octanol–water partition coefficient (Wildman–Crippen LogP) is 1.08. The summed E-state index contributed by atoms with van der Waals surface area (Å²) in [5, 5.41) is 11.7. The molecule has 2 N–H and O–H groups in total. The van der Waals surface area contributed by atoms with Gasteiger partial charge in [-0.05, 0) is 31.4 Å². The number of aromatic carboxylic acids is 1. The summed E-state index contributed by atoms with van der Waals surface area (Å²) in [5.41, 5.74) is -0.464. The number of carbonyl (C=O) groups is 2. The number of methoxy groups -OCH3 is 1. The molecule has 0 aromatic carbocycles. The Morgan fingerprint density at radius 2 is 2.26 bits per heavy atom. The first kappa shape index (κ1) is 13.5. The third-order valence-electron chi connectivity index (χ3n) is 3.52. The number of rotatable bonds is 5. The lowest BCUT2D eigenvalue weighted by Crippen LogP contribution is -2.49. The highest BCUT2D eigenvalue weighted by Crippen LogP contribution is 2.34. The van der Waals surface area contributed by atoms with Crippen LogP contribution < -0.4 is 5.32 Å². The van der Waals surface area contributed by atoms with Crippen LogP contribution in [0.3, 0.4) is 0 Å². The van der Waals surface area contributed by atoms with Gasteiger partial charge in [-0.25, -0.2) is 4.79 Å². The van der Waals surface area contributed by atoms with Crippen LogP contribution in [0.4, 0.5) is 0 Å². The molecule has 1 aromatic heterocycles. The Labute approximate surface area is 110 Å². The van der Waals surface area contributed by atoms with E-state index in [4.69, 9.17) is 9.84 Å². The van der Waals surface area contributed by atoms with E-state index in [2.05, 4.69) is 10.3 Å². The second-order valence-corrected chi connectivity index (χ2v) is 4.63. The highest BCUT2D eigenvalue weighted by atomic mass is 16.5. The van der Waals surface area contributed by atoms with Crippen molar-refractivity contribution in [1.82, 2.24) is 10.3 Å². The number of nitrogens with zero attached hydrogens (tertiary/aromatic N) is 1. The van der Waals surface area contributed by atoms with Gasteiger partial charge in [-0.2, -0.15) is 0 Å². The molecule has 19 heavy (non-hydrogen) atoms. The first-order valence-electron chi connectivity index (χ1n) is 6.10. The number of hydrogen-bond donors (Lipinski definition) is 2. The fourth-order valence-electron chi connectivity index (χ4n) is 2.11. The second-order valence-electron chi connectivity index (χ2n) is 4.63. The van der Waals surface area contributed by atoms with Crippen LogP contribution in [0.15, 0.2) is 18.3 Å². The molecule has 1 fully saturated rings. The third-order valence-corrected chi connectivity index (χ3v) is 3.52. The highest BCUT2D eigenvalue weighted by Gasteiger charge is 2.37. The minimum atomic E-state index is -1.16. The Hall–Kier alpha value is -1.95. The minimum Gasteiger partial charge on any atom is -0.478 e. The summed E-state index contributed by atoms with van der Waals surface area (Å²) in [6.45, 7) is 0.373. The molecule has 1 heterocycles. The van der Waals surface area contributed by atoms with Crippen molar-refractivity contribution < 1.29 is 19.4 Å². The van der Waals surface area contributed by atoms with Crippen LogP contribution in [0.1, 0.15) is 40.1 Å². The number of amides is 1. The van der Waals surface area contributed by atoms with Crippen LogP contribution in [-0.4, -0.2) is 41.2 Å². The van der Waals surface area contributed by atoms with Gasteiger partial charge in [0.1, 0.15) is 5.69 Å². The van der Waals surface area contributed by atoms with E-state index >= 15 is 0 Å². The van der Waals surface area contributed by atoms with Crippen LogP contribution in [0, 0.1) is 0 Å². The van der Waals surface area contributed by atoms with Crippen molar-refractivity contribution in [2.45, 2.75) is 24.9 Å². The highest BCUT2D eigenvalue weighted by molar-refractivity contribution is 6.03. The van der Waals surface area contributed by atoms with Gasteiger partial charge in [-0.1, -0.05) is 0 Å². The van der Waals surface area contributed by atoms with Gasteiger partial charge in [0.2, 0.25) is 0 Å². The summed E-state index contributed by atoms with van der Waals surface area (Å²) in [6, 6.07) is 2.85. The van der Waals surface area contributed by atoms with Crippen LogP contribution in [-0.2, 0) is 4.74 Å². The van der Waals surface area contributed by atoms with E-state index in [1.165, 1.54) is 18.3 Å². The van der Waals surface area contributed by atoms with Gasteiger partial charge >= 0.3 is 5.97 Å². The smallest absolute Gasteiger partial charge is 0.338 e. The molecule has 1 amide bonds. The van der Waals surface area contributed by atoms with Gasteiger partial charge in [0.15, 0.2) is 0 Å². The molecule has 0 bridgehead atoms. The number of pyridine rings is 1. The molecular weight excluding hydrogens is 248 g/mol. The van der Waals surface area contributed by atoms with Gasteiger partial charge in [-0.3, -0.25) is 9.78 Å². The van der Waals surface area contributed by atoms with Gasteiger partial charge in [0.05, 0.1) is 11.2 Å². The average Bonchev–Trinajstić information content (AvgIpc) is 2.37. The Morgan fingerprint density at radius 1 is 1.53 bits per heavy atom. The average molecular weight is 264 g/mol. The molecule has 2 rings (SSSR count). The van der Waals surface area contributed by atoms with E-state index < -0.39 is 11.9 Å². The number of hydrogen-bond acceptors (Lipinski definition) is 4. The number of carboxylic acid groups (broad SMARTS) is 1. The zero-order chi connectivity index (χ0) is 13.9. The summed E-state index contributed by atoms with van der Waals surface area (Å²) in [6.07, 6.45) is 4.28. The summed E-state index contributed by atoms with van der Waals surface area (Å²) in [5.74, 6) is -1.65. The van der Waals surface area contributed by atoms with Crippen LogP contribution in [0.2, 0.25) is 0 Å². The molecule has 6 nitrogen and oxygen atoms in total. The molecule has 1 aliphatic rings. The van der Waals surface area contributed by atoms with Crippen molar-refractivity contribution >= 4 is 11.9 Å². The first-order chi connectivity index (χ1) is 9.08. The molecule has 1 saturated carbocycles. The molecule has 102 valence electrons. The quantitative estimate of drug-likeness (QED) is 0.830. The number of ether oxygens (including phenoxy) is 1. The molecule has 0 unspecified atom stereocenters. The van der Waals surface area contributed by atoms with Crippen molar-refractivity contribution in [2.75, 3.05) is 13.7 Å². The SMILES string of the molecule is COC1(CNC(=O)c2ncccc2C(=O)O)CCC1. The van der Waals surface area contributed by atoms with E-state index in [0.717, 1.165) is 19.3 Å². The number of carboxylic acids is 1. The molecule has 0 radical (unpaired) electrons. The molecule has 0 atom stereocenters. The van der Waals surface area contributed by atoms with E-state index in [1.807, 2.05) is 0 Å². The van der Waals surface area contributed by atoms with Crippen molar-refractivity contribution in [1.29, 1.82) is 0 Å². The molecular formula is C13H16N2O4. The lowest BCUT2D eigenvalue weighted by atomic mass is 9.80. The molecule has 0 aliphatic heterocycles. The number of nitrogens with one attached hydrogen (secondary N) is 1. The van der Waals surface area contributed by atoms with Crippen molar-refractivity contribution in [3.05, 3.63) is 29.6 Å². The van der Waals surface area contributed by atoms with Crippen molar-refractivity contribution in [2.24, 2.45) is 0 Å². The van der Waals surface area contributed by atoms with Gasteiger partial charge in [0, 0.05) is 19.9 Å². The maximum atomic E-state index is 12.0. The fraction of sp³-hybridized carbons (Fsp3) is 0.462. The second kappa shape index (κ2) is 5.36. The van der Waals surface area contributed by atoms with Gasteiger partial charge in [0.25, 0.3) is 5.91 Å². The van der Waals surface area contributed by atoms with Gasteiger partial charge < -0.3 is 15.2 Å². The third kappa shape index (κ3) is 2.73. The maximum absolute atomic E-state index is 12.0. The maximum Gasteiger partial charge on any atom is 0.338 e. The topological polar surface area (TPSA) is 88.5 Å². The number of carbonyl (C=O) groups excluding carboxylic acids is 1. The van der Waals surface area contributed by atoms with E-state index in [9.17, 15) is 9.59 Å². The molecule has 1 aromatic rings. The first-order valence-corrected chi connectivity index (χ1v) is 6.10. The Bertz CT molecular complexity index is 492. The Balaban J connectivity index is 2.06. The monoisotopic (exact) mass is 264 g/mol. The van der Waals surface area contributed by atoms with Crippen LogP contribution in [0.5, 0.6) is 0 Å². The van der Waals surface area contributed by atoms with Crippen molar-refractivity contribution in [3.8, 4) is 0 Å². The Kier molecular flexibility index (Phi) is 3.80. The van der Waals surface area contributed by atoms with Gasteiger partial charge in [-0.15, -0.1) is 0 Å². The molecule has 0 spiro atoms.